The second-order valence-corrected chi connectivity index (χ2v) is 9.32. The van der Waals surface area contributed by atoms with E-state index in [4.69, 9.17) is 0 Å². The number of hydrogen-bond acceptors (Lipinski definition) is 3. The van der Waals surface area contributed by atoms with Crippen molar-refractivity contribution in [2.75, 3.05) is 13.1 Å². The molecule has 0 saturated carbocycles. The lowest BCUT2D eigenvalue weighted by Crippen LogP contribution is -2.39. The first-order valence-corrected chi connectivity index (χ1v) is 11.3. The first-order valence-electron chi connectivity index (χ1n) is 9.83. The highest BCUT2D eigenvalue weighted by atomic mass is 32.2. The summed E-state index contributed by atoms with van der Waals surface area (Å²) in [6, 6.07) is 17.0. The SMILES string of the molecule is Cc1ccccc1S(=O)(=O)N1CCC(CCC(=O)NCc2ccccc2)CC1. The molecule has 0 unspecified atom stereocenters. The second kappa shape index (κ2) is 9.34. The van der Waals surface area contributed by atoms with E-state index in [-0.39, 0.29) is 5.91 Å². The average Bonchev–Trinajstić information content (AvgIpc) is 2.72. The Morgan fingerprint density at radius 1 is 1.04 bits per heavy atom. The molecule has 2 aromatic carbocycles. The predicted octanol–water partition coefficient (Wildman–Crippen LogP) is 3.49. The number of amides is 1. The molecular formula is C22H28N2O3S. The van der Waals surface area contributed by atoms with Gasteiger partial charge in [-0.25, -0.2) is 8.42 Å². The molecular weight excluding hydrogens is 372 g/mol. The van der Waals surface area contributed by atoms with Crippen molar-refractivity contribution in [1.82, 2.24) is 9.62 Å². The third-order valence-electron chi connectivity index (χ3n) is 5.40. The number of rotatable bonds is 7. The summed E-state index contributed by atoms with van der Waals surface area (Å²) in [6.45, 7) is 3.42. The molecule has 1 N–H and O–H groups in total. The van der Waals surface area contributed by atoms with Gasteiger partial charge < -0.3 is 5.32 Å². The number of carbonyl (C=O) groups is 1. The Labute approximate surface area is 167 Å². The summed E-state index contributed by atoms with van der Waals surface area (Å²) in [5.41, 5.74) is 1.87. The molecule has 0 aliphatic carbocycles. The summed E-state index contributed by atoms with van der Waals surface area (Å²) in [7, 11) is -3.43. The van der Waals surface area contributed by atoms with Crippen LogP contribution in [0.25, 0.3) is 0 Å². The third kappa shape index (κ3) is 5.20. The van der Waals surface area contributed by atoms with Crippen LogP contribution in [0.5, 0.6) is 0 Å². The first kappa shape index (κ1) is 20.6. The van der Waals surface area contributed by atoms with Gasteiger partial charge in [-0.15, -0.1) is 0 Å². The van der Waals surface area contributed by atoms with Gasteiger partial charge in [-0.3, -0.25) is 4.79 Å². The molecule has 0 aromatic heterocycles. The van der Waals surface area contributed by atoms with Gasteiger partial charge in [0.15, 0.2) is 0 Å². The molecule has 1 heterocycles. The van der Waals surface area contributed by atoms with Crippen LogP contribution in [0, 0.1) is 12.8 Å². The minimum Gasteiger partial charge on any atom is -0.352 e. The summed E-state index contributed by atoms with van der Waals surface area (Å²) in [5, 5.41) is 2.95. The third-order valence-corrected chi connectivity index (χ3v) is 7.46. The largest absolute Gasteiger partial charge is 0.352 e. The van der Waals surface area contributed by atoms with Crippen molar-refractivity contribution in [3.63, 3.8) is 0 Å². The van der Waals surface area contributed by atoms with Crippen LogP contribution in [0.4, 0.5) is 0 Å². The first-order chi connectivity index (χ1) is 13.5. The highest BCUT2D eigenvalue weighted by Crippen LogP contribution is 2.27. The van der Waals surface area contributed by atoms with Crippen LogP contribution < -0.4 is 5.32 Å². The van der Waals surface area contributed by atoms with E-state index in [0.717, 1.165) is 30.4 Å². The van der Waals surface area contributed by atoms with Crippen molar-refractivity contribution in [3.05, 3.63) is 65.7 Å². The fourth-order valence-electron chi connectivity index (χ4n) is 3.64. The van der Waals surface area contributed by atoms with E-state index in [1.54, 1.807) is 16.4 Å². The fourth-order valence-corrected chi connectivity index (χ4v) is 5.34. The molecule has 3 rings (SSSR count). The maximum Gasteiger partial charge on any atom is 0.243 e. The number of nitrogens with zero attached hydrogens (tertiary/aromatic N) is 1. The predicted molar refractivity (Wildman–Crippen MR) is 110 cm³/mol. The molecule has 0 spiro atoms. The van der Waals surface area contributed by atoms with Crippen molar-refractivity contribution >= 4 is 15.9 Å². The van der Waals surface area contributed by atoms with Gasteiger partial charge in [0.25, 0.3) is 0 Å². The van der Waals surface area contributed by atoms with E-state index in [1.807, 2.05) is 49.4 Å². The smallest absolute Gasteiger partial charge is 0.243 e. The summed E-state index contributed by atoms with van der Waals surface area (Å²) in [4.78, 5) is 12.5. The van der Waals surface area contributed by atoms with Crippen molar-refractivity contribution < 1.29 is 13.2 Å². The van der Waals surface area contributed by atoms with E-state index < -0.39 is 10.0 Å². The Bertz CT molecular complexity index is 889. The fraction of sp³-hybridized carbons (Fsp3) is 0.409. The molecule has 6 heteroatoms. The van der Waals surface area contributed by atoms with E-state index in [0.29, 0.717) is 36.9 Å². The quantitative estimate of drug-likeness (QED) is 0.774. The van der Waals surface area contributed by atoms with Gasteiger partial charge in [-0.2, -0.15) is 4.31 Å². The van der Waals surface area contributed by atoms with Crippen LogP contribution in [-0.2, 0) is 21.4 Å². The van der Waals surface area contributed by atoms with Crippen LogP contribution >= 0.6 is 0 Å². The van der Waals surface area contributed by atoms with Gasteiger partial charge in [-0.1, -0.05) is 48.5 Å². The summed E-state index contributed by atoms with van der Waals surface area (Å²) in [5.74, 6) is 0.449. The average molecular weight is 401 g/mol. The maximum absolute atomic E-state index is 12.9. The normalized spacial score (nSPS) is 16.0. The monoisotopic (exact) mass is 400 g/mol. The molecule has 2 aromatic rings. The number of nitrogens with one attached hydrogen (secondary N) is 1. The van der Waals surface area contributed by atoms with Crippen LogP contribution in [0.15, 0.2) is 59.5 Å². The van der Waals surface area contributed by atoms with Gasteiger partial charge in [0.05, 0.1) is 4.90 Å². The van der Waals surface area contributed by atoms with Gasteiger partial charge >= 0.3 is 0 Å². The molecule has 1 saturated heterocycles. The topological polar surface area (TPSA) is 66.5 Å². The zero-order chi connectivity index (χ0) is 20.0. The lowest BCUT2D eigenvalue weighted by atomic mass is 9.93. The van der Waals surface area contributed by atoms with Crippen molar-refractivity contribution in [2.45, 2.75) is 44.0 Å². The van der Waals surface area contributed by atoms with E-state index in [2.05, 4.69) is 5.32 Å². The van der Waals surface area contributed by atoms with Gasteiger partial charge in [0, 0.05) is 26.1 Å². The van der Waals surface area contributed by atoms with Gasteiger partial charge in [-0.05, 0) is 49.3 Å². The van der Waals surface area contributed by atoms with E-state index >= 15 is 0 Å². The maximum atomic E-state index is 12.9. The van der Waals surface area contributed by atoms with Crippen LogP contribution in [0.2, 0.25) is 0 Å². The molecule has 28 heavy (non-hydrogen) atoms. The second-order valence-electron chi connectivity index (χ2n) is 7.41. The summed E-state index contributed by atoms with van der Waals surface area (Å²) in [6.07, 6.45) is 2.90. The highest BCUT2D eigenvalue weighted by molar-refractivity contribution is 7.89. The molecule has 1 amide bonds. The van der Waals surface area contributed by atoms with Gasteiger partial charge in [0.2, 0.25) is 15.9 Å². The molecule has 0 atom stereocenters. The number of benzene rings is 2. The minimum absolute atomic E-state index is 0.0545. The van der Waals surface area contributed by atoms with Crippen molar-refractivity contribution in [3.8, 4) is 0 Å². The molecule has 1 aliphatic heterocycles. The molecule has 0 radical (unpaired) electrons. The zero-order valence-electron chi connectivity index (χ0n) is 16.3. The lowest BCUT2D eigenvalue weighted by Gasteiger charge is -2.31. The molecule has 1 fully saturated rings. The number of carbonyl (C=O) groups excluding carboxylic acids is 1. The number of piperidine rings is 1. The van der Waals surface area contributed by atoms with Crippen molar-refractivity contribution in [1.29, 1.82) is 0 Å². The summed E-state index contributed by atoms with van der Waals surface area (Å²) < 4.78 is 27.3. The van der Waals surface area contributed by atoms with E-state index in [1.165, 1.54) is 0 Å². The molecule has 1 aliphatic rings. The highest BCUT2D eigenvalue weighted by Gasteiger charge is 2.30. The van der Waals surface area contributed by atoms with E-state index in [9.17, 15) is 13.2 Å². The number of sulfonamides is 1. The zero-order valence-corrected chi connectivity index (χ0v) is 17.1. The van der Waals surface area contributed by atoms with Crippen LogP contribution in [0.3, 0.4) is 0 Å². The van der Waals surface area contributed by atoms with Crippen LogP contribution in [0.1, 0.15) is 36.8 Å². The molecule has 0 bridgehead atoms. The Hall–Kier alpha value is -2.18. The van der Waals surface area contributed by atoms with Gasteiger partial charge in [0.1, 0.15) is 0 Å². The Morgan fingerprint density at radius 2 is 1.68 bits per heavy atom. The Kier molecular flexibility index (Phi) is 6.86. The Morgan fingerprint density at radius 3 is 2.36 bits per heavy atom. The van der Waals surface area contributed by atoms with Crippen LogP contribution in [-0.4, -0.2) is 31.7 Å². The standard InChI is InChI=1S/C22H28N2O3S/c1-18-7-5-6-10-21(18)28(26,27)24-15-13-19(14-16-24)11-12-22(25)23-17-20-8-3-2-4-9-20/h2-10,19H,11-17H2,1H3,(H,23,25). The van der Waals surface area contributed by atoms with Crippen molar-refractivity contribution in [2.24, 2.45) is 5.92 Å². The molecule has 5 nitrogen and oxygen atoms in total. The number of hydrogen-bond donors (Lipinski definition) is 1. The number of aryl methyl sites for hydroxylation is 1. The lowest BCUT2D eigenvalue weighted by molar-refractivity contribution is -0.121. The minimum atomic E-state index is -3.43. The summed E-state index contributed by atoms with van der Waals surface area (Å²) >= 11 is 0. The Balaban J connectivity index is 1.44. The molecule has 150 valence electrons.